The van der Waals surface area contributed by atoms with Gasteiger partial charge in [0.25, 0.3) is 0 Å². The zero-order valence-corrected chi connectivity index (χ0v) is 15.7. The number of rotatable bonds is 7. The Hall–Kier alpha value is -2.04. The third-order valence-corrected chi connectivity index (χ3v) is 5.05. The van der Waals surface area contributed by atoms with Gasteiger partial charge in [0.2, 0.25) is 5.91 Å². The number of hydrogen-bond acceptors (Lipinski definition) is 3. The number of piperidine rings is 1. The molecule has 0 spiro atoms. The fourth-order valence-corrected chi connectivity index (χ4v) is 3.46. The number of hydrogen-bond donors (Lipinski definition) is 3. The van der Waals surface area contributed by atoms with Gasteiger partial charge in [-0.1, -0.05) is 41.9 Å². The summed E-state index contributed by atoms with van der Waals surface area (Å²) in [6.45, 7) is 2.82. The molecule has 3 N–H and O–H groups in total. The van der Waals surface area contributed by atoms with Crippen LogP contribution in [0.1, 0.15) is 31.2 Å². The number of halogens is 1. The fourth-order valence-electron chi connectivity index (χ4n) is 3.29. The van der Waals surface area contributed by atoms with E-state index in [0.29, 0.717) is 23.9 Å². The first-order valence-electron chi connectivity index (χ1n) is 9.28. The Morgan fingerprint density at radius 2 is 1.85 bits per heavy atom. The van der Waals surface area contributed by atoms with Gasteiger partial charge >= 0.3 is 0 Å². The molecular formula is C21H26ClN3O. The Balaban J connectivity index is 1.57. The van der Waals surface area contributed by atoms with Crippen molar-refractivity contribution in [2.45, 2.75) is 32.2 Å². The molecule has 1 aliphatic rings. The van der Waals surface area contributed by atoms with E-state index in [9.17, 15) is 4.79 Å². The van der Waals surface area contributed by atoms with E-state index in [1.807, 2.05) is 30.3 Å². The molecule has 0 aromatic heterocycles. The van der Waals surface area contributed by atoms with Crippen molar-refractivity contribution in [3.05, 3.63) is 59.1 Å². The fraction of sp³-hybridized carbons (Fsp3) is 0.381. The van der Waals surface area contributed by atoms with E-state index in [4.69, 9.17) is 11.6 Å². The predicted octanol–water partition coefficient (Wildman–Crippen LogP) is 4.67. The highest BCUT2D eigenvalue weighted by Crippen LogP contribution is 2.27. The Bertz CT molecular complexity index is 714. The lowest BCUT2D eigenvalue weighted by Gasteiger charge is -2.22. The maximum absolute atomic E-state index is 12.4. The lowest BCUT2D eigenvalue weighted by molar-refractivity contribution is -0.116. The van der Waals surface area contributed by atoms with Gasteiger partial charge in [-0.05, 0) is 62.0 Å². The molecule has 1 amide bonds. The average Bonchev–Trinajstić information content (AvgIpc) is 2.67. The average molecular weight is 372 g/mol. The van der Waals surface area contributed by atoms with Crippen molar-refractivity contribution in [2.75, 3.05) is 23.7 Å². The van der Waals surface area contributed by atoms with Gasteiger partial charge in [-0.25, -0.2) is 0 Å². The van der Waals surface area contributed by atoms with Crippen LogP contribution in [0, 0.1) is 5.92 Å². The number of anilines is 2. The van der Waals surface area contributed by atoms with Gasteiger partial charge in [0.15, 0.2) is 0 Å². The topological polar surface area (TPSA) is 53.2 Å². The molecule has 3 rings (SSSR count). The third kappa shape index (κ3) is 5.75. The Kier molecular flexibility index (Phi) is 6.92. The van der Waals surface area contributed by atoms with Crippen LogP contribution in [-0.4, -0.2) is 19.0 Å². The summed E-state index contributed by atoms with van der Waals surface area (Å²) in [5.41, 5.74) is 2.81. The van der Waals surface area contributed by atoms with Crippen molar-refractivity contribution in [1.82, 2.24) is 5.32 Å². The highest BCUT2D eigenvalue weighted by molar-refractivity contribution is 6.31. The predicted molar refractivity (Wildman–Crippen MR) is 109 cm³/mol. The van der Waals surface area contributed by atoms with Crippen molar-refractivity contribution in [1.29, 1.82) is 0 Å². The Labute approximate surface area is 160 Å². The first kappa shape index (κ1) is 18.7. The molecule has 0 aliphatic carbocycles. The number of carbonyl (C=O) groups excluding carboxylic acids is 1. The van der Waals surface area contributed by atoms with E-state index in [-0.39, 0.29) is 5.91 Å². The molecule has 1 heterocycles. The van der Waals surface area contributed by atoms with Gasteiger partial charge in [-0.2, -0.15) is 0 Å². The largest absolute Gasteiger partial charge is 0.379 e. The van der Waals surface area contributed by atoms with Crippen LogP contribution in [0.3, 0.4) is 0 Å². The molecule has 0 radical (unpaired) electrons. The molecule has 5 heteroatoms. The van der Waals surface area contributed by atoms with E-state index in [1.165, 1.54) is 5.56 Å². The van der Waals surface area contributed by atoms with Crippen molar-refractivity contribution >= 4 is 28.9 Å². The van der Waals surface area contributed by atoms with E-state index in [1.54, 1.807) is 6.07 Å². The molecule has 26 heavy (non-hydrogen) atoms. The number of nitrogens with one attached hydrogen (secondary N) is 3. The first-order valence-corrected chi connectivity index (χ1v) is 9.66. The van der Waals surface area contributed by atoms with Crippen LogP contribution in [0.4, 0.5) is 11.4 Å². The summed E-state index contributed by atoms with van der Waals surface area (Å²) in [4.78, 5) is 12.4. The summed E-state index contributed by atoms with van der Waals surface area (Å²) in [6, 6.07) is 15.7. The Morgan fingerprint density at radius 3 is 2.62 bits per heavy atom. The van der Waals surface area contributed by atoms with Crippen molar-refractivity contribution in [2.24, 2.45) is 5.92 Å². The number of amides is 1. The van der Waals surface area contributed by atoms with Gasteiger partial charge in [0.1, 0.15) is 0 Å². The van der Waals surface area contributed by atoms with E-state index < -0.39 is 0 Å². The minimum Gasteiger partial charge on any atom is -0.379 e. The number of carbonyl (C=O) groups is 1. The monoisotopic (exact) mass is 371 g/mol. The lowest BCUT2D eigenvalue weighted by Crippen LogP contribution is -2.28. The second-order valence-corrected chi connectivity index (χ2v) is 7.25. The van der Waals surface area contributed by atoms with Crippen LogP contribution in [0.2, 0.25) is 5.02 Å². The van der Waals surface area contributed by atoms with Gasteiger partial charge in [0.05, 0.1) is 11.4 Å². The quantitative estimate of drug-likeness (QED) is 0.662. The van der Waals surface area contributed by atoms with Crippen LogP contribution in [0.25, 0.3) is 0 Å². The molecule has 138 valence electrons. The smallest absolute Gasteiger partial charge is 0.224 e. The van der Waals surface area contributed by atoms with Crippen LogP contribution in [0.5, 0.6) is 0 Å². The SMILES string of the molecule is O=C(CCC1CCNCC1)Nc1cc(Cl)ccc1NCc1ccccc1. The maximum Gasteiger partial charge on any atom is 0.224 e. The molecule has 0 unspecified atom stereocenters. The molecule has 0 atom stereocenters. The molecule has 2 aromatic rings. The standard InChI is InChI=1S/C21H26ClN3O/c22-18-7-8-19(24-15-17-4-2-1-3-5-17)20(14-18)25-21(26)9-6-16-10-12-23-13-11-16/h1-5,7-8,14,16,23-24H,6,9-13,15H2,(H,25,26). The highest BCUT2D eigenvalue weighted by atomic mass is 35.5. The van der Waals surface area contributed by atoms with Crippen LogP contribution in [0.15, 0.2) is 48.5 Å². The minimum absolute atomic E-state index is 0.0496. The summed E-state index contributed by atoms with van der Waals surface area (Å²) in [5.74, 6) is 0.700. The Morgan fingerprint density at radius 1 is 1.08 bits per heavy atom. The van der Waals surface area contributed by atoms with Crippen molar-refractivity contribution in [3.63, 3.8) is 0 Å². The maximum atomic E-state index is 12.4. The number of benzene rings is 2. The van der Waals surface area contributed by atoms with Gasteiger partial charge in [-0.3, -0.25) is 4.79 Å². The summed E-state index contributed by atoms with van der Waals surface area (Å²) < 4.78 is 0. The zero-order chi connectivity index (χ0) is 18.2. The second kappa shape index (κ2) is 9.60. The third-order valence-electron chi connectivity index (χ3n) is 4.82. The van der Waals surface area contributed by atoms with Gasteiger partial charge in [0, 0.05) is 18.0 Å². The molecule has 2 aromatic carbocycles. The second-order valence-electron chi connectivity index (χ2n) is 6.81. The van der Waals surface area contributed by atoms with Crippen molar-refractivity contribution < 1.29 is 4.79 Å². The summed E-state index contributed by atoms with van der Waals surface area (Å²) >= 11 is 6.13. The summed E-state index contributed by atoms with van der Waals surface area (Å²) in [7, 11) is 0. The normalized spacial score (nSPS) is 14.8. The summed E-state index contributed by atoms with van der Waals surface area (Å²) in [5, 5.41) is 10.4. The van der Waals surface area contributed by atoms with Gasteiger partial charge < -0.3 is 16.0 Å². The van der Waals surface area contributed by atoms with Crippen LogP contribution in [-0.2, 0) is 11.3 Å². The lowest BCUT2D eigenvalue weighted by atomic mass is 9.93. The molecule has 0 saturated carbocycles. The molecular weight excluding hydrogens is 346 g/mol. The van der Waals surface area contributed by atoms with Crippen molar-refractivity contribution in [3.8, 4) is 0 Å². The minimum atomic E-state index is 0.0496. The van der Waals surface area contributed by atoms with E-state index in [2.05, 4.69) is 28.1 Å². The van der Waals surface area contributed by atoms with Crippen LogP contribution < -0.4 is 16.0 Å². The highest BCUT2D eigenvalue weighted by Gasteiger charge is 2.15. The first-order chi connectivity index (χ1) is 12.7. The summed E-state index contributed by atoms with van der Waals surface area (Å²) in [6.07, 6.45) is 3.82. The molecule has 1 aliphatic heterocycles. The molecule has 1 saturated heterocycles. The zero-order valence-electron chi connectivity index (χ0n) is 14.9. The van der Waals surface area contributed by atoms with Crippen LogP contribution >= 0.6 is 11.6 Å². The van der Waals surface area contributed by atoms with E-state index in [0.717, 1.165) is 43.7 Å². The van der Waals surface area contributed by atoms with Gasteiger partial charge in [-0.15, -0.1) is 0 Å². The van der Waals surface area contributed by atoms with E-state index >= 15 is 0 Å². The molecule has 4 nitrogen and oxygen atoms in total. The molecule has 0 bridgehead atoms. The molecule has 1 fully saturated rings.